The zero-order valence-corrected chi connectivity index (χ0v) is 23.4. The van der Waals surface area contributed by atoms with Gasteiger partial charge in [-0.05, 0) is 57.0 Å². The minimum Gasteiger partial charge on any atom is -0.497 e. The van der Waals surface area contributed by atoms with Gasteiger partial charge in [-0.1, -0.05) is 19.1 Å². The molecule has 1 heterocycles. The van der Waals surface area contributed by atoms with E-state index in [9.17, 15) is 18.0 Å². The summed E-state index contributed by atoms with van der Waals surface area (Å²) in [5, 5.41) is 2.88. The van der Waals surface area contributed by atoms with Crippen LogP contribution in [0.2, 0.25) is 0 Å². The molecule has 2 aromatic carbocycles. The fourth-order valence-electron chi connectivity index (χ4n) is 4.17. The molecule has 0 radical (unpaired) electrons. The van der Waals surface area contributed by atoms with Gasteiger partial charge in [0.05, 0.1) is 18.6 Å². The van der Waals surface area contributed by atoms with E-state index in [0.717, 1.165) is 9.87 Å². The highest BCUT2D eigenvalue weighted by Gasteiger charge is 2.33. The lowest BCUT2D eigenvalue weighted by Crippen LogP contribution is -2.53. The third-order valence-electron chi connectivity index (χ3n) is 6.10. The van der Waals surface area contributed by atoms with Gasteiger partial charge in [0, 0.05) is 18.7 Å². The molecule has 1 N–H and O–H groups in total. The van der Waals surface area contributed by atoms with Crippen molar-refractivity contribution in [2.45, 2.75) is 52.7 Å². The molecule has 2 aromatic rings. The van der Waals surface area contributed by atoms with Gasteiger partial charge in [0.15, 0.2) is 11.5 Å². The maximum Gasteiger partial charge on any atom is 0.244 e. The topological polar surface area (TPSA) is 114 Å². The van der Waals surface area contributed by atoms with Crippen molar-refractivity contribution in [2.75, 3.05) is 36.9 Å². The molecule has 0 spiro atoms. The van der Waals surface area contributed by atoms with Crippen molar-refractivity contribution in [3.8, 4) is 17.2 Å². The molecule has 38 heavy (non-hydrogen) atoms. The standard InChI is InChI=1S/C27H37N3O7S/c1-6-23(27(32)28-19(3)4)29(17-20-9-8-10-22(15-20)35-5)26(31)18-30(38(33,34)7-2)21-11-12-24-25(16-21)37-14-13-36-24/h8-12,15-16,19,23H,6-7,13-14,17-18H2,1-5H3,(H,28,32)/t23-/m1/s1. The van der Waals surface area contributed by atoms with Crippen LogP contribution in [0.25, 0.3) is 0 Å². The number of sulfonamides is 1. The fourth-order valence-corrected chi connectivity index (χ4v) is 5.23. The van der Waals surface area contributed by atoms with Crippen LogP contribution >= 0.6 is 0 Å². The largest absolute Gasteiger partial charge is 0.497 e. The van der Waals surface area contributed by atoms with E-state index in [1.165, 1.54) is 11.8 Å². The number of hydrogen-bond acceptors (Lipinski definition) is 7. The average Bonchev–Trinajstić information content (AvgIpc) is 2.90. The predicted molar refractivity (Wildman–Crippen MR) is 145 cm³/mol. The summed E-state index contributed by atoms with van der Waals surface area (Å²) in [6.07, 6.45) is 0.346. The summed E-state index contributed by atoms with van der Waals surface area (Å²) in [7, 11) is -2.31. The number of hydrogen-bond donors (Lipinski definition) is 1. The van der Waals surface area contributed by atoms with Gasteiger partial charge < -0.3 is 24.4 Å². The first-order chi connectivity index (χ1) is 18.1. The second-order valence-corrected chi connectivity index (χ2v) is 11.4. The molecule has 11 heteroatoms. The van der Waals surface area contributed by atoms with E-state index in [2.05, 4.69) is 5.32 Å². The van der Waals surface area contributed by atoms with E-state index < -0.39 is 28.5 Å². The molecule has 1 aliphatic rings. The van der Waals surface area contributed by atoms with Crippen LogP contribution in [0.3, 0.4) is 0 Å². The van der Waals surface area contributed by atoms with Gasteiger partial charge in [-0.2, -0.15) is 0 Å². The van der Waals surface area contributed by atoms with Crippen molar-refractivity contribution in [1.29, 1.82) is 0 Å². The summed E-state index contributed by atoms with van der Waals surface area (Å²) in [5.41, 5.74) is 1.03. The molecule has 1 atom stereocenters. The Labute approximate surface area is 224 Å². The normalized spacial score (nSPS) is 13.5. The zero-order chi connectivity index (χ0) is 27.9. The molecule has 2 amide bonds. The van der Waals surface area contributed by atoms with Gasteiger partial charge in [0.25, 0.3) is 0 Å². The van der Waals surface area contributed by atoms with E-state index in [1.54, 1.807) is 43.5 Å². The molecule has 0 bridgehead atoms. The molecule has 1 aliphatic heterocycles. The monoisotopic (exact) mass is 547 g/mol. The second-order valence-electron chi connectivity index (χ2n) is 9.20. The quantitative estimate of drug-likeness (QED) is 0.435. The smallest absolute Gasteiger partial charge is 0.244 e. The van der Waals surface area contributed by atoms with Crippen molar-refractivity contribution in [3.63, 3.8) is 0 Å². The molecule has 0 saturated carbocycles. The molecule has 0 fully saturated rings. The van der Waals surface area contributed by atoms with Gasteiger partial charge in [-0.15, -0.1) is 0 Å². The van der Waals surface area contributed by atoms with E-state index in [1.807, 2.05) is 26.8 Å². The van der Waals surface area contributed by atoms with Crippen molar-refractivity contribution >= 4 is 27.5 Å². The summed E-state index contributed by atoms with van der Waals surface area (Å²) in [6, 6.07) is 11.1. The lowest BCUT2D eigenvalue weighted by atomic mass is 10.1. The Hall–Kier alpha value is -3.47. The first-order valence-corrected chi connectivity index (χ1v) is 14.3. The summed E-state index contributed by atoms with van der Waals surface area (Å²) in [5.74, 6) is 0.509. The third-order valence-corrected chi connectivity index (χ3v) is 7.84. The third kappa shape index (κ3) is 7.09. The maximum atomic E-state index is 13.9. The lowest BCUT2D eigenvalue weighted by molar-refractivity contribution is -0.140. The highest BCUT2D eigenvalue weighted by atomic mass is 32.2. The molecule has 0 saturated heterocycles. The van der Waals surface area contributed by atoms with Gasteiger partial charge in [-0.3, -0.25) is 13.9 Å². The Bertz CT molecular complexity index is 1230. The number of methoxy groups -OCH3 is 1. The van der Waals surface area contributed by atoms with E-state index >= 15 is 0 Å². The molecule has 10 nitrogen and oxygen atoms in total. The minimum absolute atomic E-state index is 0.0984. The highest BCUT2D eigenvalue weighted by Crippen LogP contribution is 2.35. The fraction of sp³-hybridized carbons (Fsp3) is 0.481. The summed E-state index contributed by atoms with van der Waals surface area (Å²) in [6.45, 7) is 7.38. The van der Waals surface area contributed by atoms with Gasteiger partial charge in [0.2, 0.25) is 21.8 Å². The van der Waals surface area contributed by atoms with Gasteiger partial charge in [-0.25, -0.2) is 8.42 Å². The molecule has 3 rings (SSSR count). The summed E-state index contributed by atoms with van der Waals surface area (Å²) < 4.78 is 43.9. The molecular formula is C27H37N3O7S. The minimum atomic E-state index is -3.85. The number of nitrogens with one attached hydrogen (secondary N) is 1. The number of fused-ring (bicyclic) bond motifs is 1. The number of anilines is 1. The van der Waals surface area contributed by atoms with Crippen molar-refractivity contribution in [3.05, 3.63) is 48.0 Å². The average molecular weight is 548 g/mol. The van der Waals surface area contributed by atoms with Crippen molar-refractivity contribution in [1.82, 2.24) is 10.2 Å². The SMILES string of the molecule is CC[C@H](C(=O)NC(C)C)N(Cc1cccc(OC)c1)C(=O)CN(c1ccc2c(c1)OCCO2)S(=O)(=O)CC. The molecule has 0 unspecified atom stereocenters. The van der Waals surface area contributed by atoms with Gasteiger partial charge >= 0.3 is 0 Å². The Balaban J connectivity index is 1.99. The van der Waals surface area contributed by atoms with Crippen molar-refractivity contribution < 1.29 is 32.2 Å². The van der Waals surface area contributed by atoms with E-state index in [0.29, 0.717) is 36.9 Å². The van der Waals surface area contributed by atoms with Crippen LogP contribution in [-0.2, 0) is 26.2 Å². The Morgan fingerprint density at radius 3 is 2.39 bits per heavy atom. The Morgan fingerprint density at radius 1 is 1.05 bits per heavy atom. The number of carbonyl (C=O) groups excluding carboxylic acids is 2. The number of rotatable bonds is 12. The highest BCUT2D eigenvalue weighted by molar-refractivity contribution is 7.92. The van der Waals surface area contributed by atoms with Crippen LogP contribution < -0.4 is 23.8 Å². The second kappa shape index (κ2) is 12.9. The van der Waals surface area contributed by atoms with E-state index in [4.69, 9.17) is 14.2 Å². The number of amides is 2. The first-order valence-electron chi connectivity index (χ1n) is 12.7. The maximum absolute atomic E-state index is 13.9. The predicted octanol–water partition coefficient (Wildman–Crippen LogP) is 2.95. The van der Waals surface area contributed by atoms with Crippen LogP contribution in [0.15, 0.2) is 42.5 Å². The van der Waals surface area contributed by atoms with Crippen molar-refractivity contribution in [2.24, 2.45) is 0 Å². The zero-order valence-electron chi connectivity index (χ0n) is 22.6. The van der Waals surface area contributed by atoms with E-state index in [-0.39, 0.29) is 29.9 Å². The number of benzene rings is 2. The molecular weight excluding hydrogens is 510 g/mol. The Morgan fingerprint density at radius 2 is 1.76 bits per heavy atom. The molecule has 0 aliphatic carbocycles. The van der Waals surface area contributed by atoms with Crippen LogP contribution in [0, 0.1) is 0 Å². The van der Waals surface area contributed by atoms with Crippen LogP contribution in [0.1, 0.15) is 39.7 Å². The van der Waals surface area contributed by atoms with Crippen LogP contribution in [-0.4, -0.2) is 69.8 Å². The first kappa shape index (κ1) is 29.1. The summed E-state index contributed by atoms with van der Waals surface area (Å²) in [4.78, 5) is 28.4. The molecule has 0 aromatic heterocycles. The molecule has 208 valence electrons. The van der Waals surface area contributed by atoms with Crippen LogP contribution in [0.5, 0.6) is 17.2 Å². The summed E-state index contributed by atoms with van der Waals surface area (Å²) >= 11 is 0. The van der Waals surface area contributed by atoms with Crippen LogP contribution in [0.4, 0.5) is 5.69 Å². The Kier molecular flexibility index (Phi) is 9.84. The number of carbonyl (C=O) groups is 2. The lowest BCUT2D eigenvalue weighted by Gasteiger charge is -2.33. The number of ether oxygens (including phenoxy) is 3. The van der Waals surface area contributed by atoms with Gasteiger partial charge in [0.1, 0.15) is 31.5 Å². The number of nitrogens with zero attached hydrogens (tertiary/aromatic N) is 2.